The number of nitrogens with one attached hydrogen (secondary N) is 1. The number of hydrogen-bond acceptors (Lipinski definition) is 5. The molecular weight excluding hydrogens is 269 g/mol. The summed E-state index contributed by atoms with van der Waals surface area (Å²) in [6, 6.07) is -0.635. The van der Waals surface area contributed by atoms with Crippen molar-refractivity contribution >= 4 is 6.03 Å². The van der Waals surface area contributed by atoms with Crippen LogP contribution in [0.1, 0.15) is 6.92 Å². The molecule has 5 N–H and O–H groups in total. The number of carbonyl (C=O) groups is 1. The molecule has 0 aromatic rings. The van der Waals surface area contributed by atoms with Crippen LogP contribution in [-0.2, 0) is 4.74 Å². The third-order valence-electron chi connectivity index (χ3n) is 4.18. The van der Waals surface area contributed by atoms with E-state index in [9.17, 15) is 19.4 Å². The van der Waals surface area contributed by atoms with Crippen molar-refractivity contribution in [2.24, 2.45) is 5.73 Å². The zero-order valence-corrected chi connectivity index (χ0v) is 10.8. The molecule has 1 aliphatic carbocycles. The van der Waals surface area contributed by atoms with Crippen LogP contribution in [0.4, 0.5) is 9.18 Å². The molecule has 8 heteroatoms. The van der Waals surface area contributed by atoms with Gasteiger partial charge in [-0.3, -0.25) is 4.90 Å². The molecule has 2 aliphatic heterocycles. The normalized spacial score (nSPS) is 49.9. The first-order valence-electron chi connectivity index (χ1n) is 6.18. The molecule has 3 aliphatic rings. The number of urea groups is 1. The van der Waals surface area contributed by atoms with Crippen LogP contribution in [0.15, 0.2) is 24.4 Å². The Hall–Kier alpha value is -1.48. The number of hydrogen-bond donors (Lipinski definition) is 4. The summed E-state index contributed by atoms with van der Waals surface area (Å²) < 4.78 is 19.9. The molecule has 0 bridgehead atoms. The first kappa shape index (κ1) is 13.5. The van der Waals surface area contributed by atoms with Gasteiger partial charge < -0.3 is 26.0 Å². The Balaban J connectivity index is 1.91. The van der Waals surface area contributed by atoms with Crippen LogP contribution in [0.2, 0.25) is 0 Å². The van der Waals surface area contributed by atoms with Gasteiger partial charge in [0.1, 0.15) is 6.10 Å². The minimum absolute atomic E-state index is 0.302. The van der Waals surface area contributed by atoms with Gasteiger partial charge in [-0.25, -0.2) is 9.18 Å². The third-order valence-corrected chi connectivity index (χ3v) is 4.18. The zero-order valence-electron chi connectivity index (χ0n) is 10.8. The van der Waals surface area contributed by atoms with Gasteiger partial charge >= 0.3 is 6.03 Å². The lowest BCUT2D eigenvalue weighted by Gasteiger charge is -2.33. The molecule has 1 saturated heterocycles. The third kappa shape index (κ3) is 1.29. The summed E-state index contributed by atoms with van der Waals surface area (Å²) in [6.45, 7) is 5.15. The Bertz CT molecular complexity index is 527. The van der Waals surface area contributed by atoms with Crippen LogP contribution >= 0.6 is 0 Å². The van der Waals surface area contributed by atoms with E-state index in [0.29, 0.717) is 5.57 Å². The molecule has 2 fully saturated rings. The quantitative estimate of drug-likeness (QED) is 0.483. The van der Waals surface area contributed by atoms with E-state index in [0.717, 1.165) is 4.90 Å². The first-order valence-corrected chi connectivity index (χ1v) is 6.18. The van der Waals surface area contributed by atoms with E-state index in [4.69, 9.17) is 10.5 Å². The second-order valence-corrected chi connectivity index (χ2v) is 5.38. The largest absolute Gasteiger partial charge is 0.386 e. The second-order valence-electron chi connectivity index (χ2n) is 5.38. The summed E-state index contributed by atoms with van der Waals surface area (Å²) in [4.78, 5) is 12.8. The molecule has 0 aromatic carbocycles. The summed E-state index contributed by atoms with van der Waals surface area (Å²) in [5.41, 5.74) is 2.16. The Morgan fingerprint density at radius 2 is 2.35 bits per heavy atom. The van der Waals surface area contributed by atoms with E-state index in [-0.39, 0.29) is 0 Å². The predicted octanol–water partition coefficient (Wildman–Crippen LogP) is -1.07. The van der Waals surface area contributed by atoms with Crippen molar-refractivity contribution in [1.29, 1.82) is 0 Å². The van der Waals surface area contributed by atoms with E-state index in [1.165, 1.54) is 19.2 Å². The van der Waals surface area contributed by atoms with E-state index in [2.05, 4.69) is 11.9 Å². The SMILES string of the molecule is C=C(C)[C@]12O[C@@H](N3C=CC(N)NC3=O)[C@H](F)[C@@]1(O)C2O. The van der Waals surface area contributed by atoms with Crippen molar-refractivity contribution in [3.05, 3.63) is 24.4 Å². The van der Waals surface area contributed by atoms with Crippen molar-refractivity contribution in [3.8, 4) is 0 Å². The number of aliphatic hydroxyl groups excluding tert-OH is 1. The van der Waals surface area contributed by atoms with Crippen LogP contribution in [0.3, 0.4) is 0 Å². The van der Waals surface area contributed by atoms with E-state index >= 15 is 0 Å². The van der Waals surface area contributed by atoms with Crippen LogP contribution < -0.4 is 11.1 Å². The van der Waals surface area contributed by atoms with Gasteiger partial charge in [-0.05, 0) is 18.6 Å². The molecule has 2 unspecified atom stereocenters. The number of fused-ring (bicyclic) bond motifs is 1. The summed E-state index contributed by atoms with van der Waals surface area (Å²) >= 11 is 0. The molecule has 1 saturated carbocycles. The molecule has 0 radical (unpaired) electrons. The number of halogens is 1. The van der Waals surface area contributed by atoms with Crippen molar-refractivity contribution < 1.29 is 24.1 Å². The maximum atomic E-state index is 14.5. The van der Waals surface area contributed by atoms with Gasteiger partial charge in [0.25, 0.3) is 0 Å². The highest BCUT2D eigenvalue weighted by Crippen LogP contribution is 2.64. The fourth-order valence-electron chi connectivity index (χ4n) is 3.01. The molecule has 0 aromatic heterocycles. The van der Waals surface area contributed by atoms with Gasteiger partial charge in [0.05, 0.1) is 6.17 Å². The van der Waals surface area contributed by atoms with Crippen molar-refractivity contribution in [2.45, 2.75) is 42.8 Å². The smallest absolute Gasteiger partial charge is 0.325 e. The minimum atomic E-state index is -2.07. The van der Waals surface area contributed by atoms with Crippen LogP contribution in [0.25, 0.3) is 0 Å². The molecule has 6 atom stereocenters. The number of nitrogens with two attached hydrogens (primary N) is 1. The average molecular weight is 285 g/mol. The highest BCUT2D eigenvalue weighted by molar-refractivity contribution is 5.77. The van der Waals surface area contributed by atoms with Gasteiger partial charge in [0.2, 0.25) is 0 Å². The molecule has 2 amide bonds. The fraction of sp³-hybridized carbons (Fsp3) is 0.583. The van der Waals surface area contributed by atoms with Gasteiger partial charge in [-0.2, -0.15) is 0 Å². The number of aliphatic hydroxyl groups is 2. The van der Waals surface area contributed by atoms with Gasteiger partial charge in [0.15, 0.2) is 23.6 Å². The Kier molecular flexibility index (Phi) is 2.56. The minimum Gasteiger partial charge on any atom is -0.386 e. The predicted molar refractivity (Wildman–Crippen MR) is 65.8 cm³/mol. The first-order chi connectivity index (χ1) is 9.26. The number of amides is 2. The number of alkyl halides is 1. The summed E-state index contributed by atoms with van der Waals surface area (Å²) in [5, 5.41) is 22.4. The molecule has 3 rings (SSSR count). The van der Waals surface area contributed by atoms with Crippen molar-refractivity contribution in [1.82, 2.24) is 10.2 Å². The van der Waals surface area contributed by atoms with Gasteiger partial charge in [-0.1, -0.05) is 6.58 Å². The van der Waals surface area contributed by atoms with Gasteiger partial charge in [0, 0.05) is 6.20 Å². The number of carbonyl (C=O) groups excluding carboxylic acids is 1. The highest BCUT2D eigenvalue weighted by Gasteiger charge is 2.88. The van der Waals surface area contributed by atoms with Crippen molar-refractivity contribution in [2.75, 3.05) is 0 Å². The number of rotatable bonds is 2. The second kappa shape index (κ2) is 3.79. The average Bonchev–Trinajstić information content (AvgIpc) is 2.73. The van der Waals surface area contributed by atoms with Crippen molar-refractivity contribution in [3.63, 3.8) is 0 Å². The lowest BCUT2D eigenvalue weighted by atomic mass is 10.1. The maximum absolute atomic E-state index is 14.5. The van der Waals surface area contributed by atoms with E-state index in [1.807, 2.05) is 0 Å². The number of ether oxygens (including phenoxy) is 1. The number of nitrogens with zero attached hydrogens (tertiary/aromatic N) is 1. The van der Waals surface area contributed by atoms with Gasteiger partial charge in [-0.15, -0.1) is 0 Å². The van der Waals surface area contributed by atoms with Crippen LogP contribution in [-0.4, -0.2) is 57.0 Å². The standard InChI is InChI=1S/C12H16FN3O4/c1-5(2)12-9(17)11(12,19)7(13)8(20-12)16-4-3-6(14)15-10(16)18/h3-4,6-9,17,19H,1,14H2,2H3,(H,15,18)/t6?,7-,8+,9?,11+,12+/m0/s1. The lowest BCUT2D eigenvalue weighted by molar-refractivity contribution is -0.0916. The summed E-state index contributed by atoms with van der Waals surface area (Å²) in [7, 11) is 0. The Labute approximate surface area is 114 Å². The molecule has 110 valence electrons. The Morgan fingerprint density at radius 1 is 1.70 bits per heavy atom. The van der Waals surface area contributed by atoms with Crippen LogP contribution in [0.5, 0.6) is 0 Å². The fourth-order valence-corrected chi connectivity index (χ4v) is 3.01. The monoisotopic (exact) mass is 285 g/mol. The molecular formula is C12H16FN3O4. The topological polar surface area (TPSA) is 108 Å². The molecule has 20 heavy (non-hydrogen) atoms. The molecule has 7 nitrogen and oxygen atoms in total. The maximum Gasteiger partial charge on any atom is 0.325 e. The van der Waals surface area contributed by atoms with Crippen LogP contribution in [0, 0.1) is 0 Å². The molecule has 2 heterocycles. The lowest BCUT2D eigenvalue weighted by Crippen LogP contribution is -2.56. The van der Waals surface area contributed by atoms with E-state index in [1.54, 1.807) is 0 Å². The highest BCUT2D eigenvalue weighted by atomic mass is 19.1. The Morgan fingerprint density at radius 3 is 2.85 bits per heavy atom. The molecule has 0 spiro atoms. The summed E-state index contributed by atoms with van der Waals surface area (Å²) in [6.07, 6.45) is -2.60. The van der Waals surface area contributed by atoms with E-state index < -0.39 is 41.9 Å². The summed E-state index contributed by atoms with van der Waals surface area (Å²) in [5.74, 6) is 0. The zero-order chi connectivity index (χ0) is 14.9.